The Morgan fingerprint density at radius 2 is 2.16 bits per heavy atom. The molecule has 0 unspecified atom stereocenters. The van der Waals surface area contributed by atoms with Crippen LogP contribution in [0.1, 0.15) is 30.0 Å². The number of aromatic nitrogens is 1. The molecule has 19 heavy (non-hydrogen) atoms. The molecule has 2 heterocycles. The zero-order valence-corrected chi connectivity index (χ0v) is 12.6. The number of thiophene rings is 1. The van der Waals surface area contributed by atoms with Crippen LogP contribution in [0.5, 0.6) is 0 Å². The van der Waals surface area contributed by atoms with E-state index in [1.165, 1.54) is 4.88 Å². The number of pyridine rings is 1. The van der Waals surface area contributed by atoms with E-state index < -0.39 is 6.10 Å². The van der Waals surface area contributed by atoms with E-state index in [-0.39, 0.29) is 0 Å². The van der Waals surface area contributed by atoms with E-state index in [0.29, 0.717) is 6.42 Å². The first-order valence-electron chi connectivity index (χ1n) is 6.19. The molecule has 1 atom stereocenters. The molecule has 0 radical (unpaired) electrons. The van der Waals surface area contributed by atoms with Gasteiger partial charge in [0.1, 0.15) is 0 Å². The van der Waals surface area contributed by atoms with Gasteiger partial charge in [-0.25, -0.2) is 0 Å². The predicted molar refractivity (Wildman–Crippen MR) is 80.9 cm³/mol. The molecule has 0 aromatic carbocycles. The van der Waals surface area contributed by atoms with Crippen LogP contribution >= 0.6 is 22.9 Å². The van der Waals surface area contributed by atoms with Crippen LogP contribution in [0.2, 0.25) is 4.34 Å². The molecule has 0 bridgehead atoms. The zero-order chi connectivity index (χ0) is 13.8. The summed E-state index contributed by atoms with van der Waals surface area (Å²) >= 11 is 7.51. The molecule has 0 amide bonds. The Kier molecular flexibility index (Phi) is 4.80. The summed E-state index contributed by atoms with van der Waals surface area (Å²) in [4.78, 5) is 7.62. The Balaban J connectivity index is 2.05. The van der Waals surface area contributed by atoms with Crippen LogP contribution < -0.4 is 4.90 Å². The fourth-order valence-corrected chi connectivity index (χ4v) is 2.93. The smallest absolute Gasteiger partial charge is 0.0957 e. The van der Waals surface area contributed by atoms with Crippen molar-refractivity contribution in [1.29, 1.82) is 0 Å². The maximum atomic E-state index is 9.71. The largest absolute Gasteiger partial charge is 0.387 e. The van der Waals surface area contributed by atoms with Gasteiger partial charge >= 0.3 is 0 Å². The van der Waals surface area contributed by atoms with E-state index >= 15 is 0 Å². The van der Waals surface area contributed by atoms with Crippen molar-refractivity contribution in [2.45, 2.75) is 26.0 Å². The first-order valence-corrected chi connectivity index (χ1v) is 7.39. The quantitative estimate of drug-likeness (QED) is 0.910. The second-order valence-corrected chi connectivity index (χ2v) is 6.23. The Morgan fingerprint density at radius 3 is 2.68 bits per heavy atom. The van der Waals surface area contributed by atoms with Gasteiger partial charge in [0.15, 0.2) is 0 Å². The lowest BCUT2D eigenvalue weighted by Crippen LogP contribution is -2.16. The first kappa shape index (κ1) is 14.3. The Labute approximate surface area is 122 Å². The number of aliphatic hydroxyl groups is 1. The first-order chi connectivity index (χ1) is 9.10. The summed E-state index contributed by atoms with van der Waals surface area (Å²) in [5, 5.41) is 9.71. The second kappa shape index (κ2) is 6.37. The zero-order valence-electron chi connectivity index (χ0n) is 11.0. The average Bonchev–Trinajstić information content (AvgIpc) is 2.83. The van der Waals surface area contributed by atoms with E-state index in [1.807, 2.05) is 38.2 Å². The minimum Gasteiger partial charge on any atom is -0.387 e. The van der Waals surface area contributed by atoms with Gasteiger partial charge in [-0.3, -0.25) is 4.98 Å². The van der Waals surface area contributed by atoms with E-state index in [1.54, 1.807) is 17.5 Å². The van der Waals surface area contributed by atoms with Gasteiger partial charge in [-0.2, -0.15) is 0 Å². The molecule has 0 spiro atoms. The number of nitrogens with zero attached hydrogens (tertiary/aromatic N) is 2. The van der Waals surface area contributed by atoms with Crippen LogP contribution in [0.15, 0.2) is 30.5 Å². The summed E-state index contributed by atoms with van der Waals surface area (Å²) in [6.45, 7) is 2.74. The lowest BCUT2D eigenvalue weighted by atomic mass is 10.2. The van der Waals surface area contributed by atoms with Crippen LogP contribution in [0.25, 0.3) is 0 Å². The summed E-state index contributed by atoms with van der Waals surface area (Å²) in [7, 11) is 2.01. The van der Waals surface area contributed by atoms with Crippen LogP contribution in [-0.2, 0) is 6.54 Å². The predicted octanol–water partition coefficient (Wildman–Crippen LogP) is 3.88. The van der Waals surface area contributed by atoms with Crippen molar-refractivity contribution < 1.29 is 5.11 Å². The molecule has 0 saturated heterocycles. The molecule has 2 rings (SSSR count). The third kappa shape index (κ3) is 3.69. The minimum absolute atomic E-state index is 0.476. The molecule has 0 saturated carbocycles. The number of hydrogen-bond donors (Lipinski definition) is 1. The Bertz CT molecular complexity index is 526. The Morgan fingerprint density at radius 1 is 1.37 bits per heavy atom. The van der Waals surface area contributed by atoms with Crippen LogP contribution in [0.3, 0.4) is 0 Å². The number of halogens is 1. The van der Waals surface area contributed by atoms with Crippen molar-refractivity contribution in [1.82, 2.24) is 4.98 Å². The third-order valence-corrected chi connectivity index (χ3v) is 4.18. The van der Waals surface area contributed by atoms with Crippen molar-refractivity contribution in [3.8, 4) is 0 Å². The monoisotopic (exact) mass is 296 g/mol. The highest BCUT2D eigenvalue weighted by molar-refractivity contribution is 7.16. The summed E-state index contributed by atoms with van der Waals surface area (Å²) < 4.78 is 0.808. The van der Waals surface area contributed by atoms with Gasteiger partial charge in [0.2, 0.25) is 0 Å². The van der Waals surface area contributed by atoms with E-state index in [0.717, 1.165) is 22.3 Å². The molecular weight excluding hydrogens is 280 g/mol. The van der Waals surface area contributed by atoms with E-state index in [4.69, 9.17) is 11.6 Å². The number of hydrogen-bond acceptors (Lipinski definition) is 4. The normalized spacial score (nSPS) is 12.4. The van der Waals surface area contributed by atoms with E-state index in [9.17, 15) is 5.11 Å². The molecule has 0 fully saturated rings. The number of rotatable bonds is 5. The lowest BCUT2D eigenvalue weighted by molar-refractivity contribution is 0.169. The Hall–Kier alpha value is -1.10. The van der Waals surface area contributed by atoms with Crippen LogP contribution in [0.4, 0.5) is 5.69 Å². The molecule has 2 aromatic heterocycles. The van der Waals surface area contributed by atoms with Crippen molar-refractivity contribution in [2.75, 3.05) is 11.9 Å². The van der Waals surface area contributed by atoms with Crippen molar-refractivity contribution in [2.24, 2.45) is 0 Å². The van der Waals surface area contributed by atoms with Crippen molar-refractivity contribution in [3.63, 3.8) is 0 Å². The second-order valence-electron chi connectivity index (χ2n) is 4.43. The summed E-state index contributed by atoms with van der Waals surface area (Å²) in [6, 6.07) is 7.80. The summed E-state index contributed by atoms with van der Waals surface area (Å²) in [6.07, 6.45) is 2.00. The highest BCUT2D eigenvalue weighted by atomic mass is 35.5. The molecule has 0 aliphatic carbocycles. The average molecular weight is 297 g/mol. The number of aliphatic hydroxyl groups excluding tert-OH is 1. The fraction of sp³-hybridized carbons (Fsp3) is 0.357. The van der Waals surface area contributed by atoms with Gasteiger partial charge in [0, 0.05) is 11.9 Å². The summed E-state index contributed by atoms with van der Waals surface area (Å²) in [5.41, 5.74) is 1.75. The topological polar surface area (TPSA) is 36.4 Å². The van der Waals surface area contributed by atoms with Crippen molar-refractivity contribution in [3.05, 3.63) is 45.4 Å². The highest BCUT2D eigenvalue weighted by Crippen LogP contribution is 2.24. The van der Waals surface area contributed by atoms with Crippen LogP contribution in [-0.4, -0.2) is 17.1 Å². The number of anilines is 1. The minimum atomic E-state index is -0.476. The molecule has 102 valence electrons. The summed E-state index contributed by atoms with van der Waals surface area (Å²) in [5.74, 6) is 0. The lowest BCUT2D eigenvalue weighted by Gasteiger charge is -2.18. The molecule has 1 N–H and O–H groups in total. The van der Waals surface area contributed by atoms with Gasteiger partial charge < -0.3 is 10.0 Å². The van der Waals surface area contributed by atoms with Gasteiger partial charge in [-0.1, -0.05) is 18.5 Å². The maximum Gasteiger partial charge on any atom is 0.0957 e. The third-order valence-electron chi connectivity index (χ3n) is 2.96. The van der Waals surface area contributed by atoms with Crippen LogP contribution in [0, 0.1) is 0 Å². The van der Waals surface area contributed by atoms with Gasteiger partial charge in [0.25, 0.3) is 0 Å². The highest BCUT2D eigenvalue weighted by Gasteiger charge is 2.08. The fourth-order valence-electron chi connectivity index (χ4n) is 1.79. The van der Waals surface area contributed by atoms with Gasteiger partial charge in [0.05, 0.1) is 34.6 Å². The van der Waals surface area contributed by atoms with Crippen molar-refractivity contribution >= 4 is 28.6 Å². The standard InChI is InChI=1S/C14H17ClN2OS/c1-3-13(18)12-6-4-10(8-16-12)17(2)9-11-5-7-14(15)19-11/h4-8,13,18H,3,9H2,1-2H3/t13-/m0/s1. The SMILES string of the molecule is CC[C@H](O)c1ccc(N(C)Cc2ccc(Cl)s2)cn1. The molecule has 0 aliphatic rings. The molecule has 3 nitrogen and oxygen atoms in total. The molecule has 0 aliphatic heterocycles. The van der Waals surface area contributed by atoms with Gasteiger partial charge in [-0.15, -0.1) is 11.3 Å². The molecule has 5 heteroatoms. The van der Waals surface area contributed by atoms with E-state index in [2.05, 4.69) is 9.88 Å². The maximum absolute atomic E-state index is 9.71. The molecule has 2 aromatic rings. The molecular formula is C14H17ClN2OS. The van der Waals surface area contributed by atoms with Gasteiger partial charge in [-0.05, 0) is 30.7 Å².